The first-order valence-electron chi connectivity index (χ1n) is 5.09. The third kappa shape index (κ3) is 1.36. The Morgan fingerprint density at radius 2 is 2.20 bits per heavy atom. The van der Waals surface area contributed by atoms with E-state index in [9.17, 15) is 0 Å². The summed E-state index contributed by atoms with van der Waals surface area (Å²) in [5.74, 6) is 0.846. The second kappa shape index (κ2) is 3.35. The highest BCUT2D eigenvalue weighted by molar-refractivity contribution is 5.71. The fourth-order valence-corrected chi connectivity index (χ4v) is 1.94. The number of aromatic amines is 1. The van der Waals surface area contributed by atoms with Crippen LogP contribution in [0.4, 0.5) is 0 Å². The fraction of sp³-hybridized carbons (Fsp3) is 0.167. The Bertz CT molecular complexity index is 498. The standard InChI is InChI=1S/C12H11N3/c1-2-4-10-9(3-1)5-6-13-11(10)12-14-7-8-15-12/h2,4-8H,1,3H2,(H,14,15). The Morgan fingerprint density at radius 1 is 1.20 bits per heavy atom. The van der Waals surface area contributed by atoms with Gasteiger partial charge in [0.2, 0.25) is 0 Å². The minimum absolute atomic E-state index is 0.846. The SMILES string of the molecule is C1=Cc2c(ccnc2-c2ncc[nH]2)CC1. The second-order valence-electron chi connectivity index (χ2n) is 3.61. The molecule has 0 spiro atoms. The van der Waals surface area contributed by atoms with Gasteiger partial charge in [-0.05, 0) is 24.5 Å². The summed E-state index contributed by atoms with van der Waals surface area (Å²) in [7, 11) is 0. The van der Waals surface area contributed by atoms with Crippen molar-refractivity contribution < 1.29 is 0 Å². The molecule has 2 aromatic rings. The molecule has 1 aliphatic rings. The molecule has 3 rings (SSSR count). The number of hydrogen-bond donors (Lipinski definition) is 1. The van der Waals surface area contributed by atoms with Gasteiger partial charge < -0.3 is 4.98 Å². The minimum Gasteiger partial charge on any atom is -0.343 e. The van der Waals surface area contributed by atoms with Gasteiger partial charge in [0.25, 0.3) is 0 Å². The quantitative estimate of drug-likeness (QED) is 0.762. The highest BCUT2D eigenvalue weighted by atomic mass is 14.9. The van der Waals surface area contributed by atoms with E-state index in [1.165, 1.54) is 11.1 Å². The first-order chi connectivity index (χ1) is 7.45. The zero-order valence-corrected chi connectivity index (χ0v) is 8.27. The lowest BCUT2D eigenvalue weighted by molar-refractivity contribution is 0.976. The van der Waals surface area contributed by atoms with E-state index in [0.29, 0.717) is 0 Å². The number of nitrogens with zero attached hydrogens (tertiary/aromatic N) is 2. The van der Waals surface area contributed by atoms with Crippen LogP contribution in [-0.2, 0) is 6.42 Å². The lowest BCUT2D eigenvalue weighted by atomic mass is 9.96. The smallest absolute Gasteiger partial charge is 0.156 e. The normalized spacial score (nSPS) is 13.9. The van der Waals surface area contributed by atoms with Gasteiger partial charge in [-0.15, -0.1) is 0 Å². The molecule has 15 heavy (non-hydrogen) atoms. The van der Waals surface area contributed by atoms with E-state index in [0.717, 1.165) is 24.4 Å². The van der Waals surface area contributed by atoms with E-state index in [2.05, 4.69) is 33.2 Å². The molecule has 0 bridgehead atoms. The number of nitrogens with one attached hydrogen (secondary N) is 1. The van der Waals surface area contributed by atoms with E-state index in [1.54, 1.807) is 6.20 Å². The largest absolute Gasteiger partial charge is 0.343 e. The van der Waals surface area contributed by atoms with Crippen LogP contribution >= 0.6 is 0 Å². The van der Waals surface area contributed by atoms with Crippen LogP contribution in [0.3, 0.4) is 0 Å². The van der Waals surface area contributed by atoms with Gasteiger partial charge >= 0.3 is 0 Å². The zero-order chi connectivity index (χ0) is 10.1. The molecule has 2 aromatic heterocycles. The number of pyridine rings is 1. The van der Waals surface area contributed by atoms with Crippen molar-refractivity contribution in [1.29, 1.82) is 0 Å². The highest BCUT2D eigenvalue weighted by Gasteiger charge is 2.12. The number of allylic oxidation sites excluding steroid dienone is 1. The summed E-state index contributed by atoms with van der Waals surface area (Å²) in [4.78, 5) is 11.7. The van der Waals surface area contributed by atoms with Crippen molar-refractivity contribution in [3.63, 3.8) is 0 Å². The lowest BCUT2D eigenvalue weighted by Crippen LogP contribution is -1.99. The Morgan fingerprint density at radius 3 is 3.07 bits per heavy atom. The van der Waals surface area contributed by atoms with Gasteiger partial charge in [-0.25, -0.2) is 4.98 Å². The van der Waals surface area contributed by atoms with Gasteiger partial charge in [-0.2, -0.15) is 0 Å². The topological polar surface area (TPSA) is 41.6 Å². The first kappa shape index (κ1) is 8.41. The van der Waals surface area contributed by atoms with Crippen LogP contribution in [-0.4, -0.2) is 15.0 Å². The van der Waals surface area contributed by atoms with Crippen LogP contribution < -0.4 is 0 Å². The van der Waals surface area contributed by atoms with Gasteiger partial charge in [0, 0.05) is 24.2 Å². The zero-order valence-electron chi connectivity index (χ0n) is 8.27. The molecule has 2 heterocycles. The highest BCUT2D eigenvalue weighted by Crippen LogP contribution is 2.26. The maximum Gasteiger partial charge on any atom is 0.156 e. The van der Waals surface area contributed by atoms with Crippen LogP contribution in [0.2, 0.25) is 0 Å². The van der Waals surface area contributed by atoms with Crippen LogP contribution in [0, 0.1) is 0 Å². The van der Waals surface area contributed by atoms with Gasteiger partial charge in [-0.1, -0.05) is 12.2 Å². The molecule has 3 heteroatoms. The molecular weight excluding hydrogens is 186 g/mol. The van der Waals surface area contributed by atoms with E-state index < -0.39 is 0 Å². The maximum atomic E-state index is 4.39. The molecule has 0 amide bonds. The van der Waals surface area contributed by atoms with Gasteiger partial charge in [-0.3, -0.25) is 4.98 Å². The van der Waals surface area contributed by atoms with Gasteiger partial charge in [0.15, 0.2) is 5.82 Å². The summed E-state index contributed by atoms with van der Waals surface area (Å²) in [6.07, 6.45) is 12.0. The van der Waals surface area contributed by atoms with Crippen molar-refractivity contribution in [2.45, 2.75) is 12.8 Å². The van der Waals surface area contributed by atoms with E-state index >= 15 is 0 Å². The Balaban J connectivity index is 2.21. The van der Waals surface area contributed by atoms with Crippen LogP contribution in [0.15, 0.2) is 30.7 Å². The van der Waals surface area contributed by atoms with Crippen LogP contribution in [0.5, 0.6) is 0 Å². The molecule has 0 aliphatic heterocycles. The van der Waals surface area contributed by atoms with Crippen molar-refractivity contribution in [2.75, 3.05) is 0 Å². The average molecular weight is 197 g/mol. The number of aryl methyl sites for hydroxylation is 1. The average Bonchev–Trinajstić information content (AvgIpc) is 2.82. The molecule has 3 nitrogen and oxygen atoms in total. The Hall–Kier alpha value is -1.90. The fourth-order valence-electron chi connectivity index (χ4n) is 1.94. The first-order valence-corrected chi connectivity index (χ1v) is 5.09. The van der Waals surface area contributed by atoms with Crippen LogP contribution in [0.25, 0.3) is 17.6 Å². The Labute approximate surface area is 87.9 Å². The molecule has 0 saturated carbocycles. The number of fused-ring (bicyclic) bond motifs is 1. The Kier molecular flexibility index (Phi) is 1.88. The van der Waals surface area contributed by atoms with E-state index in [1.807, 2.05) is 12.4 Å². The van der Waals surface area contributed by atoms with E-state index in [-0.39, 0.29) is 0 Å². The van der Waals surface area contributed by atoms with Gasteiger partial charge in [0.05, 0.1) is 0 Å². The number of hydrogen-bond acceptors (Lipinski definition) is 2. The molecule has 1 N–H and O–H groups in total. The third-order valence-corrected chi connectivity index (χ3v) is 2.67. The summed E-state index contributed by atoms with van der Waals surface area (Å²) < 4.78 is 0. The summed E-state index contributed by atoms with van der Waals surface area (Å²) in [6.45, 7) is 0. The predicted molar refractivity (Wildman–Crippen MR) is 59.2 cm³/mol. The van der Waals surface area contributed by atoms with Crippen molar-refractivity contribution in [1.82, 2.24) is 15.0 Å². The van der Waals surface area contributed by atoms with Crippen LogP contribution in [0.1, 0.15) is 17.5 Å². The minimum atomic E-state index is 0.846. The third-order valence-electron chi connectivity index (χ3n) is 2.67. The van der Waals surface area contributed by atoms with Crippen molar-refractivity contribution in [3.05, 3.63) is 41.9 Å². The lowest BCUT2D eigenvalue weighted by Gasteiger charge is -2.12. The summed E-state index contributed by atoms with van der Waals surface area (Å²) in [6, 6.07) is 2.09. The summed E-state index contributed by atoms with van der Waals surface area (Å²) in [5.41, 5.74) is 3.52. The molecule has 1 aliphatic carbocycles. The van der Waals surface area contributed by atoms with Crippen molar-refractivity contribution >= 4 is 6.08 Å². The summed E-state index contributed by atoms with van der Waals surface area (Å²) >= 11 is 0. The molecule has 0 atom stereocenters. The number of rotatable bonds is 1. The van der Waals surface area contributed by atoms with Crippen molar-refractivity contribution in [2.24, 2.45) is 0 Å². The number of H-pyrrole nitrogens is 1. The van der Waals surface area contributed by atoms with Gasteiger partial charge in [0.1, 0.15) is 5.69 Å². The van der Waals surface area contributed by atoms with E-state index in [4.69, 9.17) is 0 Å². The molecule has 0 radical (unpaired) electrons. The second-order valence-corrected chi connectivity index (χ2v) is 3.61. The predicted octanol–water partition coefficient (Wildman–Crippen LogP) is 2.43. The molecule has 0 aromatic carbocycles. The molecule has 0 fully saturated rings. The summed E-state index contributed by atoms with van der Waals surface area (Å²) in [5, 5.41) is 0. The van der Waals surface area contributed by atoms with Crippen molar-refractivity contribution in [3.8, 4) is 11.5 Å². The molecule has 0 saturated heterocycles. The molecular formula is C12H11N3. The molecule has 0 unspecified atom stereocenters. The monoisotopic (exact) mass is 197 g/mol. The number of aromatic nitrogens is 3. The number of imidazole rings is 1. The maximum absolute atomic E-state index is 4.39. The molecule has 74 valence electrons.